The lowest BCUT2D eigenvalue weighted by molar-refractivity contribution is 0.0666. The van der Waals surface area contributed by atoms with E-state index in [9.17, 15) is 4.79 Å². The fraction of sp³-hybridized carbons (Fsp3) is 0.208. The molecule has 1 unspecified atom stereocenters. The molecule has 1 atom stereocenters. The van der Waals surface area contributed by atoms with Gasteiger partial charge in [-0.25, -0.2) is 0 Å². The van der Waals surface area contributed by atoms with Gasteiger partial charge in [0.2, 0.25) is 0 Å². The number of aromatic nitrogens is 1. The van der Waals surface area contributed by atoms with E-state index in [-0.39, 0.29) is 11.9 Å². The van der Waals surface area contributed by atoms with Crippen LogP contribution < -0.4 is 0 Å². The van der Waals surface area contributed by atoms with Crippen LogP contribution in [0.15, 0.2) is 66.2 Å². The molecular formula is C24H21ClN2OS. The van der Waals surface area contributed by atoms with Crippen molar-refractivity contribution in [1.82, 2.24) is 9.47 Å². The molecule has 29 heavy (non-hydrogen) atoms. The Kier molecular flexibility index (Phi) is 4.69. The van der Waals surface area contributed by atoms with Crippen LogP contribution in [0.1, 0.15) is 32.4 Å². The van der Waals surface area contributed by atoms with Gasteiger partial charge in [0.25, 0.3) is 5.91 Å². The molecule has 146 valence electrons. The summed E-state index contributed by atoms with van der Waals surface area (Å²) >= 11 is 7.97. The van der Waals surface area contributed by atoms with Gasteiger partial charge in [0.05, 0.1) is 11.6 Å². The summed E-state index contributed by atoms with van der Waals surface area (Å²) in [5.74, 6) is 0.105. The first-order valence-electron chi connectivity index (χ1n) is 9.77. The third-order valence-electron chi connectivity index (χ3n) is 5.79. The first-order valence-corrected chi connectivity index (χ1v) is 11.0. The lowest BCUT2D eigenvalue weighted by Gasteiger charge is -2.36. The van der Waals surface area contributed by atoms with Crippen LogP contribution in [0.4, 0.5) is 0 Å². The average Bonchev–Trinajstić information content (AvgIpc) is 3.33. The summed E-state index contributed by atoms with van der Waals surface area (Å²) in [6.45, 7) is 0.733. The summed E-state index contributed by atoms with van der Waals surface area (Å²) in [7, 11) is 2.00. The molecule has 1 amide bonds. The maximum atomic E-state index is 13.7. The second-order valence-electron chi connectivity index (χ2n) is 7.58. The topological polar surface area (TPSA) is 25.2 Å². The van der Waals surface area contributed by atoms with E-state index in [0.717, 1.165) is 46.4 Å². The summed E-state index contributed by atoms with van der Waals surface area (Å²) in [5.41, 5.74) is 4.37. The number of halogens is 1. The van der Waals surface area contributed by atoms with Crippen LogP contribution in [0.25, 0.3) is 10.9 Å². The van der Waals surface area contributed by atoms with Crippen LogP contribution >= 0.6 is 22.9 Å². The fourth-order valence-electron chi connectivity index (χ4n) is 4.38. The van der Waals surface area contributed by atoms with Gasteiger partial charge in [0.1, 0.15) is 0 Å². The number of hydrogen-bond donors (Lipinski definition) is 0. The van der Waals surface area contributed by atoms with Crippen molar-refractivity contribution in [3.63, 3.8) is 0 Å². The van der Waals surface area contributed by atoms with Crippen LogP contribution in [-0.2, 0) is 19.9 Å². The van der Waals surface area contributed by atoms with Crippen molar-refractivity contribution in [2.24, 2.45) is 7.05 Å². The van der Waals surface area contributed by atoms with E-state index < -0.39 is 0 Å². The molecule has 2 aromatic heterocycles. The Morgan fingerprint density at radius 2 is 2.03 bits per heavy atom. The molecule has 4 aromatic rings. The SMILES string of the molecule is Cn1cc(C(=O)N2CCc3ccsc3C2Cc2cccc(Cl)c2)c2ccccc21. The van der Waals surface area contributed by atoms with Gasteiger partial charge >= 0.3 is 0 Å². The Hall–Kier alpha value is -2.56. The molecule has 0 saturated carbocycles. The number of benzene rings is 2. The molecule has 3 heterocycles. The first-order chi connectivity index (χ1) is 14.1. The molecule has 0 bridgehead atoms. The molecule has 0 saturated heterocycles. The molecule has 1 aliphatic heterocycles. The smallest absolute Gasteiger partial charge is 0.256 e. The van der Waals surface area contributed by atoms with E-state index in [1.54, 1.807) is 11.3 Å². The van der Waals surface area contributed by atoms with Crippen LogP contribution in [-0.4, -0.2) is 21.9 Å². The average molecular weight is 421 g/mol. The van der Waals surface area contributed by atoms with E-state index >= 15 is 0 Å². The van der Waals surface area contributed by atoms with Crippen molar-refractivity contribution in [2.75, 3.05) is 6.54 Å². The number of fused-ring (bicyclic) bond motifs is 2. The third kappa shape index (κ3) is 3.26. The third-order valence-corrected chi connectivity index (χ3v) is 7.08. The Labute approximate surface area is 179 Å². The maximum absolute atomic E-state index is 13.7. The minimum absolute atomic E-state index is 0.0312. The molecule has 0 N–H and O–H groups in total. The number of hydrogen-bond acceptors (Lipinski definition) is 2. The first kappa shape index (κ1) is 18.5. The number of para-hydroxylation sites is 1. The monoisotopic (exact) mass is 420 g/mol. The van der Waals surface area contributed by atoms with Gasteiger partial charge in [-0.2, -0.15) is 0 Å². The van der Waals surface area contributed by atoms with Crippen LogP contribution in [0, 0.1) is 0 Å². The van der Waals surface area contributed by atoms with Gasteiger partial charge in [-0.05, 0) is 53.6 Å². The van der Waals surface area contributed by atoms with Crippen molar-refractivity contribution < 1.29 is 4.79 Å². The van der Waals surface area contributed by atoms with E-state index in [4.69, 9.17) is 11.6 Å². The second-order valence-corrected chi connectivity index (χ2v) is 8.96. The standard InChI is InChI=1S/C24H21ClN2OS/c1-26-15-20(19-7-2-3-8-21(19)26)24(28)27-11-9-17-10-12-29-23(17)22(27)14-16-5-4-6-18(25)13-16/h2-8,10,12-13,15,22H,9,11,14H2,1H3. The molecule has 0 aliphatic carbocycles. The second kappa shape index (κ2) is 7.36. The highest BCUT2D eigenvalue weighted by Crippen LogP contribution is 2.38. The molecule has 5 rings (SSSR count). The summed E-state index contributed by atoms with van der Waals surface area (Å²) in [6.07, 6.45) is 3.64. The molecule has 0 spiro atoms. The molecule has 0 radical (unpaired) electrons. The van der Waals surface area contributed by atoms with Gasteiger partial charge in [0.15, 0.2) is 0 Å². The minimum atomic E-state index is 0.0312. The summed E-state index contributed by atoms with van der Waals surface area (Å²) in [4.78, 5) is 17.1. The number of rotatable bonds is 3. The van der Waals surface area contributed by atoms with Gasteiger partial charge in [-0.15, -0.1) is 11.3 Å². The maximum Gasteiger partial charge on any atom is 0.256 e. The minimum Gasteiger partial charge on any atom is -0.350 e. The largest absolute Gasteiger partial charge is 0.350 e. The predicted octanol–water partition coefficient (Wildman–Crippen LogP) is 5.88. The number of thiophene rings is 1. The zero-order valence-corrected chi connectivity index (χ0v) is 17.7. The number of amides is 1. The normalized spacial score (nSPS) is 16.2. The zero-order valence-electron chi connectivity index (χ0n) is 16.1. The van der Waals surface area contributed by atoms with Gasteiger partial charge in [-0.1, -0.05) is 41.9 Å². The van der Waals surface area contributed by atoms with Crippen LogP contribution in [0.5, 0.6) is 0 Å². The van der Waals surface area contributed by atoms with Crippen molar-refractivity contribution in [3.8, 4) is 0 Å². The number of aryl methyl sites for hydroxylation is 1. The quantitative estimate of drug-likeness (QED) is 0.406. The Balaban J connectivity index is 1.56. The molecule has 0 fully saturated rings. The highest BCUT2D eigenvalue weighted by Gasteiger charge is 2.33. The molecular weight excluding hydrogens is 400 g/mol. The predicted molar refractivity (Wildman–Crippen MR) is 120 cm³/mol. The molecule has 3 nitrogen and oxygen atoms in total. The lowest BCUT2D eigenvalue weighted by atomic mass is 9.95. The van der Waals surface area contributed by atoms with Crippen molar-refractivity contribution >= 4 is 39.7 Å². The zero-order chi connectivity index (χ0) is 20.0. The number of carbonyl (C=O) groups excluding carboxylic acids is 1. The summed E-state index contributed by atoms with van der Waals surface area (Å²) in [6, 6.07) is 18.3. The van der Waals surface area contributed by atoms with Gasteiger partial charge < -0.3 is 9.47 Å². The summed E-state index contributed by atoms with van der Waals surface area (Å²) < 4.78 is 2.04. The van der Waals surface area contributed by atoms with E-state index in [0.29, 0.717) is 0 Å². The van der Waals surface area contributed by atoms with E-state index in [2.05, 4.69) is 28.5 Å². The number of carbonyl (C=O) groups is 1. The number of nitrogens with zero attached hydrogens (tertiary/aromatic N) is 2. The van der Waals surface area contributed by atoms with E-state index in [1.807, 2.05) is 54.2 Å². The lowest BCUT2D eigenvalue weighted by Crippen LogP contribution is -2.40. The molecule has 2 aromatic carbocycles. The highest BCUT2D eigenvalue weighted by molar-refractivity contribution is 7.10. The van der Waals surface area contributed by atoms with Gasteiger partial charge in [0, 0.05) is 40.6 Å². The van der Waals surface area contributed by atoms with E-state index in [1.165, 1.54) is 10.4 Å². The van der Waals surface area contributed by atoms with Crippen molar-refractivity contribution in [3.05, 3.63) is 92.8 Å². The Morgan fingerprint density at radius 1 is 1.17 bits per heavy atom. The molecule has 1 aliphatic rings. The van der Waals surface area contributed by atoms with Crippen molar-refractivity contribution in [1.29, 1.82) is 0 Å². The summed E-state index contributed by atoms with van der Waals surface area (Å²) in [5, 5.41) is 3.89. The highest BCUT2D eigenvalue weighted by atomic mass is 35.5. The van der Waals surface area contributed by atoms with Crippen LogP contribution in [0.3, 0.4) is 0 Å². The fourth-order valence-corrected chi connectivity index (χ4v) is 5.67. The Morgan fingerprint density at radius 3 is 2.90 bits per heavy atom. The van der Waals surface area contributed by atoms with Crippen molar-refractivity contribution in [2.45, 2.75) is 18.9 Å². The Bertz CT molecular complexity index is 1210. The molecule has 5 heteroatoms. The van der Waals surface area contributed by atoms with Crippen LogP contribution in [0.2, 0.25) is 5.02 Å². The van der Waals surface area contributed by atoms with Gasteiger partial charge in [-0.3, -0.25) is 4.79 Å².